The molecule has 116 valence electrons. The van der Waals surface area contributed by atoms with E-state index in [-0.39, 0.29) is 5.91 Å². The van der Waals surface area contributed by atoms with Gasteiger partial charge in [0.15, 0.2) is 0 Å². The highest BCUT2D eigenvalue weighted by Gasteiger charge is 2.22. The summed E-state index contributed by atoms with van der Waals surface area (Å²) in [4.78, 5) is 22.3. The van der Waals surface area contributed by atoms with E-state index in [1.54, 1.807) is 23.7 Å². The molecule has 4 rings (SSSR count). The first kappa shape index (κ1) is 14.1. The SMILES string of the molecule is CC(=O)Nc1cccc(Oc2ncnc3sc4c(c23)CCC4)c1. The number of carbonyl (C=O) groups is 1. The minimum absolute atomic E-state index is 0.109. The van der Waals surface area contributed by atoms with Crippen LogP contribution in [0.25, 0.3) is 10.2 Å². The van der Waals surface area contributed by atoms with Gasteiger partial charge in [-0.15, -0.1) is 11.3 Å². The molecule has 6 heteroatoms. The number of carbonyl (C=O) groups excluding carboxylic acids is 1. The first-order valence-corrected chi connectivity index (χ1v) is 8.33. The van der Waals surface area contributed by atoms with Crippen molar-refractivity contribution in [1.82, 2.24) is 9.97 Å². The van der Waals surface area contributed by atoms with E-state index >= 15 is 0 Å². The molecule has 2 heterocycles. The van der Waals surface area contributed by atoms with Gasteiger partial charge in [-0.1, -0.05) is 6.07 Å². The van der Waals surface area contributed by atoms with E-state index in [1.807, 2.05) is 18.2 Å². The summed E-state index contributed by atoms with van der Waals surface area (Å²) >= 11 is 1.73. The molecular weight excluding hydrogens is 310 g/mol. The molecule has 1 amide bonds. The van der Waals surface area contributed by atoms with Crippen LogP contribution in [0.1, 0.15) is 23.8 Å². The van der Waals surface area contributed by atoms with E-state index in [2.05, 4.69) is 15.3 Å². The smallest absolute Gasteiger partial charge is 0.231 e. The van der Waals surface area contributed by atoms with Gasteiger partial charge in [-0.25, -0.2) is 9.97 Å². The summed E-state index contributed by atoms with van der Waals surface area (Å²) in [6.45, 7) is 1.48. The van der Waals surface area contributed by atoms with Gasteiger partial charge in [0.2, 0.25) is 11.8 Å². The molecule has 0 saturated carbocycles. The third-order valence-electron chi connectivity index (χ3n) is 3.84. The molecule has 0 atom stereocenters. The molecule has 0 saturated heterocycles. The molecule has 1 N–H and O–H groups in total. The van der Waals surface area contributed by atoms with Crippen molar-refractivity contribution in [3.8, 4) is 11.6 Å². The van der Waals surface area contributed by atoms with Crippen molar-refractivity contribution in [1.29, 1.82) is 0 Å². The zero-order valence-corrected chi connectivity index (χ0v) is 13.4. The van der Waals surface area contributed by atoms with Crippen molar-refractivity contribution in [2.45, 2.75) is 26.2 Å². The van der Waals surface area contributed by atoms with Crippen molar-refractivity contribution in [2.75, 3.05) is 5.32 Å². The minimum Gasteiger partial charge on any atom is -0.438 e. The number of hydrogen-bond donors (Lipinski definition) is 1. The Bertz CT molecular complexity index is 904. The second-order valence-corrected chi connectivity index (χ2v) is 6.61. The quantitative estimate of drug-likeness (QED) is 0.792. The largest absolute Gasteiger partial charge is 0.438 e. The van der Waals surface area contributed by atoms with Gasteiger partial charge in [0.25, 0.3) is 0 Å². The highest BCUT2D eigenvalue weighted by atomic mass is 32.1. The van der Waals surface area contributed by atoms with Gasteiger partial charge in [-0.05, 0) is 37.0 Å². The number of nitrogens with one attached hydrogen (secondary N) is 1. The summed E-state index contributed by atoms with van der Waals surface area (Å²) in [5, 5.41) is 3.79. The fourth-order valence-corrected chi connectivity index (χ4v) is 4.15. The zero-order chi connectivity index (χ0) is 15.8. The predicted octanol–water partition coefficient (Wildman–Crippen LogP) is 3.93. The van der Waals surface area contributed by atoms with Gasteiger partial charge in [0, 0.05) is 23.6 Å². The first-order valence-electron chi connectivity index (χ1n) is 7.51. The Morgan fingerprint density at radius 3 is 3.09 bits per heavy atom. The maximum absolute atomic E-state index is 11.2. The van der Waals surface area contributed by atoms with Crippen LogP contribution >= 0.6 is 11.3 Å². The summed E-state index contributed by atoms with van der Waals surface area (Å²) in [6, 6.07) is 7.32. The van der Waals surface area contributed by atoms with Gasteiger partial charge in [-0.2, -0.15) is 0 Å². The maximum Gasteiger partial charge on any atom is 0.231 e. The average molecular weight is 325 g/mol. The van der Waals surface area contributed by atoms with Crippen LogP contribution in [-0.4, -0.2) is 15.9 Å². The molecule has 0 unspecified atom stereocenters. The van der Waals surface area contributed by atoms with Crippen molar-refractivity contribution >= 4 is 33.1 Å². The highest BCUT2D eigenvalue weighted by molar-refractivity contribution is 7.18. The van der Waals surface area contributed by atoms with Crippen LogP contribution in [0.2, 0.25) is 0 Å². The lowest BCUT2D eigenvalue weighted by atomic mass is 10.2. The Balaban J connectivity index is 1.72. The maximum atomic E-state index is 11.2. The monoisotopic (exact) mass is 325 g/mol. The molecule has 1 aliphatic rings. The van der Waals surface area contributed by atoms with E-state index in [9.17, 15) is 4.79 Å². The van der Waals surface area contributed by atoms with E-state index in [1.165, 1.54) is 23.8 Å². The summed E-state index contributed by atoms with van der Waals surface area (Å²) in [5.41, 5.74) is 2.04. The fourth-order valence-electron chi connectivity index (χ4n) is 2.93. The highest BCUT2D eigenvalue weighted by Crippen LogP contribution is 2.41. The normalized spacial score (nSPS) is 13.1. The Kier molecular flexibility index (Phi) is 3.46. The lowest BCUT2D eigenvalue weighted by molar-refractivity contribution is -0.114. The van der Waals surface area contributed by atoms with E-state index in [4.69, 9.17) is 4.74 Å². The molecule has 0 aliphatic heterocycles. The third kappa shape index (κ3) is 2.66. The number of hydrogen-bond acceptors (Lipinski definition) is 5. The van der Waals surface area contributed by atoms with Crippen LogP contribution in [0.3, 0.4) is 0 Å². The van der Waals surface area contributed by atoms with Crippen LogP contribution in [0.15, 0.2) is 30.6 Å². The average Bonchev–Trinajstić information content (AvgIpc) is 3.07. The number of amides is 1. The Hall–Kier alpha value is -2.47. The number of thiophene rings is 1. The Morgan fingerprint density at radius 1 is 1.30 bits per heavy atom. The lowest BCUT2D eigenvalue weighted by Gasteiger charge is -2.08. The lowest BCUT2D eigenvalue weighted by Crippen LogP contribution is -2.05. The molecule has 0 bridgehead atoms. The van der Waals surface area contributed by atoms with Gasteiger partial charge in [0.1, 0.15) is 16.9 Å². The molecule has 0 fully saturated rings. The molecular formula is C17H15N3O2S. The van der Waals surface area contributed by atoms with E-state index < -0.39 is 0 Å². The minimum atomic E-state index is -0.109. The molecule has 0 radical (unpaired) electrons. The number of fused-ring (bicyclic) bond motifs is 3. The fraction of sp³-hybridized carbons (Fsp3) is 0.235. The number of rotatable bonds is 3. The van der Waals surface area contributed by atoms with Gasteiger partial charge in [0.05, 0.1) is 5.39 Å². The number of anilines is 1. The van der Waals surface area contributed by atoms with Crippen LogP contribution in [0, 0.1) is 0 Å². The topological polar surface area (TPSA) is 64.1 Å². The van der Waals surface area contributed by atoms with Crippen LogP contribution < -0.4 is 10.1 Å². The summed E-state index contributed by atoms with van der Waals surface area (Å²) in [5.74, 6) is 1.13. The van der Waals surface area contributed by atoms with Crippen LogP contribution in [0.4, 0.5) is 5.69 Å². The van der Waals surface area contributed by atoms with Gasteiger partial charge in [-0.3, -0.25) is 4.79 Å². The molecule has 2 aromatic heterocycles. The van der Waals surface area contributed by atoms with Crippen molar-refractivity contribution < 1.29 is 9.53 Å². The molecule has 3 aromatic rings. The van der Waals surface area contributed by atoms with Crippen molar-refractivity contribution in [2.24, 2.45) is 0 Å². The second-order valence-electron chi connectivity index (χ2n) is 5.53. The molecule has 1 aliphatic carbocycles. The van der Waals surface area contributed by atoms with E-state index in [0.717, 1.165) is 23.1 Å². The van der Waals surface area contributed by atoms with Gasteiger partial charge < -0.3 is 10.1 Å². The zero-order valence-electron chi connectivity index (χ0n) is 12.6. The van der Waals surface area contributed by atoms with Crippen LogP contribution in [0.5, 0.6) is 11.6 Å². The van der Waals surface area contributed by atoms with Crippen molar-refractivity contribution in [3.63, 3.8) is 0 Å². The summed E-state index contributed by atoms with van der Waals surface area (Å²) in [6.07, 6.45) is 4.91. The number of benzene rings is 1. The molecule has 1 aromatic carbocycles. The summed E-state index contributed by atoms with van der Waals surface area (Å²) in [7, 11) is 0. The molecule has 0 spiro atoms. The molecule has 5 nitrogen and oxygen atoms in total. The first-order chi connectivity index (χ1) is 11.2. The molecule has 23 heavy (non-hydrogen) atoms. The van der Waals surface area contributed by atoms with Gasteiger partial charge >= 0.3 is 0 Å². The van der Waals surface area contributed by atoms with Crippen LogP contribution in [-0.2, 0) is 17.6 Å². The second kappa shape index (κ2) is 5.62. The third-order valence-corrected chi connectivity index (χ3v) is 5.04. The number of aromatic nitrogens is 2. The number of aryl methyl sites for hydroxylation is 2. The number of nitrogens with zero attached hydrogens (tertiary/aromatic N) is 2. The summed E-state index contributed by atoms with van der Waals surface area (Å²) < 4.78 is 6.00. The van der Waals surface area contributed by atoms with E-state index in [0.29, 0.717) is 17.3 Å². The standard InChI is InChI=1S/C17H15N3O2S/c1-10(21)20-11-4-2-5-12(8-11)22-16-15-13-6-3-7-14(13)23-17(15)19-9-18-16/h2,4-5,8-9H,3,6-7H2,1H3,(H,20,21). The Labute approximate surface area is 137 Å². The van der Waals surface area contributed by atoms with Crippen molar-refractivity contribution in [3.05, 3.63) is 41.0 Å². The number of ether oxygens (including phenoxy) is 1. The Morgan fingerprint density at radius 2 is 2.22 bits per heavy atom. The predicted molar refractivity (Wildman–Crippen MR) is 90.3 cm³/mol.